The first-order valence-corrected chi connectivity index (χ1v) is 7.67. The molecule has 1 fully saturated rings. The van der Waals surface area contributed by atoms with Crippen LogP contribution in [0.2, 0.25) is 0 Å². The van der Waals surface area contributed by atoms with Crippen molar-refractivity contribution in [2.45, 2.75) is 51.5 Å². The van der Waals surface area contributed by atoms with E-state index in [1.54, 1.807) is 7.11 Å². The summed E-state index contributed by atoms with van der Waals surface area (Å²) in [6.07, 6.45) is 8.52. The van der Waals surface area contributed by atoms with E-state index in [0.29, 0.717) is 6.04 Å². The molecule has 0 heterocycles. The summed E-state index contributed by atoms with van der Waals surface area (Å²) in [4.78, 5) is 0. The van der Waals surface area contributed by atoms with E-state index in [1.807, 2.05) is 12.1 Å². The Bertz CT molecular complexity index is 352. The first-order valence-electron chi connectivity index (χ1n) is 7.67. The summed E-state index contributed by atoms with van der Waals surface area (Å²) in [5, 5.41) is 3.69. The van der Waals surface area contributed by atoms with Crippen LogP contribution in [0.1, 0.15) is 57.1 Å². The Kier molecular flexibility index (Phi) is 5.71. The number of benzene rings is 1. The lowest BCUT2D eigenvalue weighted by molar-refractivity contribution is 0.401. The van der Waals surface area contributed by atoms with E-state index in [9.17, 15) is 0 Å². The molecule has 1 aromatic carbocycles. The molecule has 1 aliphatic carbocycles. The molecule has 1 aromatic rings. The van der Waals surface area contributed by atoms with E-state index in [1.165, 1.54) is 44.1 Å². The van der Waals surface area contributed by atoms with Gasteiger partial charge in [0.2, 0.25) is 0 Å². The highest BCUT2D eigenvalue weighted by molar-refractivity contribution is 5.28. The normalized spacial score (nSPS) is 18.8. The number of ether oxygens (including phenoxy) is 1. The van der Waals surface area contributed by atoms with Crippen molar-refractivity contribution >= 4 is 0 Å². The van der Waals surface area contributed by atoms with Gasteiger partial charge in [0.05, 0.1) is 7.11 Å². The second-order valence-electron chi connectivity index (χ2n) is 5.76. The van der Waals surface area contributed by atoms with Gasteiger partial charge in [-0.15, -0.1) is 0 Å². The lowest BCUT2D eigenvalue weighted by Crippen LogP contribution is -2.25. The molecule has 2 heteroatoms. The van der Waals surface area contributed by atoms with E-state index < -0.39 is 0 Å². The summed E-state index contributed by atoms with van der Waals surface area (Å²) >= 11 is 0. The molecule has 0 saturated heterocycles. The van der Waals surface area contributed by atoms with Gasteiger partial charge in [-0.2, -0.15) is 0 Å². The van der Waals surface area contributed by atoms with Gasteiger partial charge in [0.1, 0.15) is 5.75 Å². The number of methoxy groups -OCH3 is 1. The molecule has 2 rings (SSSR count). The Morgan fingerprint density at radius 1 is 1.11 bits per heavy atom. The van der Waals surface area contributed by atoms with Crippen molar-refractivity contribution in [2.24, 2.45) is 5.92 Å². The zero-order valence-electron chi connectivity index (χ0n) is 12.3. The molecule has 1 aliphatic rings. The molecule has 1 N–H and O–H groups in total. The van der Waals surface area contributed by atoms with Crippen LogP contribution in [0.25, 0.3) is 0 Å². The number of hydrogen-bond donors (Lipinski definition) is 1. The summed E-state index contributed by atoms with van der Waals surface area (Å²) in [5.41, 5.74) is 1.34. The molecule has 1 saturated carbocycles. The minimum absolute atomic E-state index is 0.425. The highest BCUT2D eigenvalue weighted by Gasteiger charge is 2.13. The molecule has 0 aliphatic heterocycles. The molecule has 0 radical (unpaired) electrons. The van der Waals surface area contributed by atoms with Gasteiger partial charge in [-0.05, 0) is 49.9 Å². The van der Waals surface area contributed by atoms with Crippen LogP contribution in [0.3, 0.4) is 0 Å². The number of rotatable bonds is 5. The summed E-state index contributed by atoms with van der Waals surface area (Å²) in [5.74, 6) is 1.81. The fourth-order valence-corrected chi connectivity index (χ4v) is 2.92. The molecule has 106 valence electrons. The maximum absolute atomic E-state index is 5.20. The molecule has 1 atom stereocenters. The van der Waals surface area contributed by atoms with Crippen LogP contribution >= 0.6 is 0 Å². The zero-order chi connectivity index (χ0) is 13.5. The van der Waals surface area contributed by atoms with Gasteiger partial charge in [0, 0.05) is 6.04 Å². The highest BCUT2D eigenvalue weighted by Crippen LogP contribution is 2.23. The van der Waals surface area contributed by atoms with Gasteiger partial charge >= 0.3 is 0 Å². The SMILES string of the molecule is COc1ccc([C@@H](C)NCC2CCCCCC2)cc1. The Morgan fingerprint density at radius 3 is 2.32 bits per heavy atom. The lowest BCUT2D eigenvalue weighted by atomic mass is 9.99. The second-order valence-corrected chi connectivity index (χ2v) is 5.76. The van der Waals surface area contributed by atoms with Gasteiger partial charge in [0.25, 0.3) is 0 Å². The van der Waals surface area contributed by atoms with Crippen molar-refractivity contribution in [1.82, 2.24) is 5.32 Å². The highest BCUT2D eigenvalue weighted by atomic mass is 16.5. The molecule has 0 amide bonds. The Labute approximate surface area is 117 Å². The topological polar surface area (TPSA) is 21.3 Å². The number of nitrogens with one attached hydrogen (secondary N) is 1. The molecular formula is C17H27NO. The van der Waals surface area contributed by atoms with Gasteiger partial charge in [0.15, 0.2) is 0 Å². The fourth-order valence-electron chi connectivity index (χ4n) is 2.92. The minimum atomic E-state index is 0.425. The quantitative estimate of drug-likeness (QED) is 0.797. The molecular weight excluding hydrogens is 234 g/mol. The van der Waals surface area contributed by atoms with Crippen molar-refractivity contribution < 1.29 is 4.74 Å². The van der Waals surface area contributed by atoms with E-state index in [2.05, 4.69) is 24.4 Å². The summed E-state index contributed by atoms with van der Waals surface area (Å²) < 4.78 is 5.20. The van der Waals surface area contributed by atoms with Gasteiger partial charge in [-0.25, -0.2) is 0 Å². The third-order valence-corrected chi connectivity index (χ3v) is 4.30. The van der Waals surface area contributed by atoms with Crippen molar-refractivity contribution in [3.8, 4) is 5.75 Å². The van der Waals surface area contributed by atoms with E-state index in [-0.39, 0.29) is 0 Å². The van der Waals surface area contributed by atoms with E-state index in [0.717, 1.165) is 18.2 Å². The smallest absolute Gasteiger partial charge is 0.118 e. The van der Waals surface area contributed by atoms with Crippen LogP contribution < -0.4 is 10.1 Å². The fraction of sp³-hybridized carbons (Fsp3) is 0.647. The van der Waals surface area contributed by atoms with Gasteiger partial charge < -0.3 is 10.1 Å². The summed E-state index contributed by atoms with van der Waals surface area (Å²) in [6.45, 7) is 3.41. The molecule has 0 unspecified atom stereocenters. The van der Waals surface area contributed by atoms with Gasteiger partial charge in [-0.1, -0.05) is 37.8 Å². The standard InChI is InChI=1S/C17H27NO/c1-14(16-9-11-17(19-2)12-10-16)18-13-15-7-5-3-4-6-8-15/h9-12,14-15,18H,3-8,13H2,1-2H3/t14-/m1/s1. The van der Waals surface area contributed by atoms with Crippen LogP contribution in [0.4, 0.5) is 0 Å². The van der Waals surface area contributed by atoms with Crippen LogP contribution in [0.5, 0.6) is 5.75 Å². The largest absolute Gasteiger partial charge is 0.497 e. The molecule has 0 aromatic heterocycles. The van der Waals surface area contributed by atoms with E-state index >= 15 is 0 Å². The van der Waals surface area contributed by atoms with Crippen LogP contribution in [0, 0.1) is 5.92 Å². The van der Waals surface area contributed by atoms with Crippen molar-refractivity contribution in [3.63, 3.8) is 0 Å². The predicted octanol–water partition coefficient (Wildman–Crippen LogP) is 4.32. The Hall–Kier alpha value is -1.02. The average Bonchev–Trinajstić information content (AvgIpc) is 2.73. The predicted molar refractivity (Wildman–Crippen MR) is 80.6 cm³/mol. The maximum atomic E-state index is 5.20. The third-order valence-electron chi connectivity index (χ3n) is 4.30. The zero-order valence-corrected chi connectivity index (χ0v) is 12.3. The molecule has 2 nitrogen and oxygen atoms in total. The van der Waals surface area contributed by atoms with Crippen molar-refractivity contribution in [3.05, 3.63) is 29.8 Å². The van der Waals surface area contributed by atoms with E-state index in [4.69, 9.17) is 4.74 Å². The van der Waals surface area contributed by atoms with Crippen LogP contribution in [-0.2, 0) is 0 Å². The molecule has 0 spiro atoms. The Balaban J connectivity index is 1.80. The third kappa shape index (κ3) is 4.54. The average molecular weight is 261 g/mol. The maximum Gasteiger partial charge on any atom is 0.118 e. The number of hydrogen-bond acceptors (Lipinski definition) is 2. The first kappa shape index (κ1) is 14.4. The van der Waals surface area contributed by atoms with Crippen LogP contribution in [0.15, 0.2) is 24.3 Å². The molecule has 19 heavy (non-hydrogen) atoms. The van der Waals surface area contributed by atoms with Gasteiger partial charge in [-0.3, -0.25) is 0 Å². The summed E-state index contributed by atoms with van der Waals surface area (Å²) in [6, 6.07) is 8.82. The monoisotopic (exact) mass is 261 g/mol. The van der Waals surface area contributed by atoms with Crippen molar-refractivity contribution in [1.29, 1.82) is 0 Å². The van der Waals surface area contributed by atoms with Crippen molar-refractivity contribution in [2.75, 3.05) is 13.7 Å². The van der Waals surface area contributed by atoms with Crippen LogP contribution in [-0.4, -0.2) is 13.7 Å². The first-order chi connectivity index (χ1) is 9.29. The Morgan fingerprint density at radius 2 is 1.74 bits per heavy atom. The molecule has 0 bridgehead atoms. The second kappa shape index (κ2) is 7.54. The summed E-state index contributed by atoms with van der Waals surface area (Å²) in [7, 11) is 1.71. The minimum Gasteiger partial charge on any atom is -0.497 e. The lowest BCUT2D eigenvalue weighted by Gasteiger charge is -2.20.